The number of carbonyl (C=O) groups excluding carboxylic acids is 1. The maximum Gasteiger partial charge on any atom is 0.220 e. The van der Waals surface area contributed by atoms with Crippen LogP contribution in [0, 0.1) is 5.92 Å². The molecule has 1 N–H and O–H groups in total. The maximum atomic E-state index is 11.9. The summed E-state index contributed by atoms with van der Waals surface area (Å²) in [5.74, 6) is 1.16. The van der Waals surface area contributed by atoms with Gasteiger partial charge in [0.2, 0.25) is 5.91 Å². The molecule has 22 heavy (non-hydrogen) atoms. The van der Waals surface area contributed by atoms with Crippen LogP contribution >= 0.6 is 0 Å². The van der Waals surface area contributed by atoms with E-state index < -0.39 is 9.84 Å². The molecule has 0 radical (unpaired) electrons. The summed E-state index contributed by atoms with van der Waals surface area (Å²) >= 11 is 0. The van der Waals surface area contributed by atoms with E-state index in [2.05, 4.69) is 43.4 Å². The summed E-state index contributed by atoms with van der Waals surface area (Å²) < 4.78 is 22.1. The van der Waals surface area contributed by atoms with E-state index in [1.807, 2.05) is 6.92 Å². The molecule has 1 atom stereocenters. The van der Waals surface area contributed by atoms with E-state index in [-0.39, 0.29) is 29.2 Å². The standard InChI is InChI=1S/C17H25NO3S/c1-12(2)15-4-6-16(7-5-15)13(3)8-17(19)18-9-14-10-22(20,21)11-14/h4-7,12-14H,8-11H2,1-3H3,(H,18,19). The Labute approximate surface area is 133 Å². The van der Waals surface area contributed by atoms with Crippen LogP contribution in [0.25, 0.3) is 0 Å². The van der Waals surface area contributed by atoms with Crippen molar-refractivity contribution in [2.24, 2.45) is 5.92 Å². The molecule has 1 amide bonds. The van der Waals surface area contributed by atoms with Crippen molar-refractivity contribution in [2.45, 2.75) is 39.0 Å². The molecule has 1 saturated heterocycles. The summed E-state index contributed by atoms with van der Waals surface area (Å²) in [5, 5.41) is 2.85. The lowest BCUT2D eigenvalue weighted by Crippen LogP contribution is -2.44. The second-order valence-corrected chi connectivity index (χ2v) is 8.83. The third-order valence-electron chi connectivity index (χ3n) is 4.23. The van der Waals surface area contributed by atoms with Crippen LogP contribution in [-0.2, 0) is 14.6 Å². The molecule has 0 saturated carbocycles. The Bertz CT molecular complexity index is 608. The van der Waals surface area contributed by atoms with Gasteiger partial charge in [-0.3, -0.25) is 4.79 Å². The first-order chi connectivity index (χ1) is 10.3. The van der Waals surface area contributed by atoms with Crippen molar-refractivity contribution in [3.63, 3.8) is 0 Å². The molecule has 122 valence electrons. The third kappa shape index (κ3) is 4.57. The number of amides is 1. The van der Waals surface area contributed by atoms with Crippen LogP contribution in [0.5, 0.6) is 0 Å². The van der Waals surface area contributed by atoms with Gasteiger partial charge in [0, 0.05) is 18.9 Å². The molecule has 0 bridgehead atoms. The lowest BCUT2D eigenvalue weighted by atomic mass is 9.94. The van der Waals surface area contributed by atoms with Crippen molar-refractivity contribution >= 4 is 15.7 Å². The van der Waals surface area contributed by atoms with Crippen molar-refractivity contribution in [2.75, 3.05) is 18.1 Å². The van der Waals surface area contributed by atoms with E-state index in [1.165, 1.54) is 5.56 Å². The van der Waals surface area contributed by atoms with Crippen molar-refractivity contribution in [3.05, 3.63) is 35.4 Å². The lowest BCUT2D eigenvalue weighted by Gasteiger charge is -2.26. The molecular weight excluding hydrogens is 298 g/mol. The zero-order valence-corrected chi connectivity index (χ0v) is 14.3. The SMILES string of the molecule is CC(C)c1ccc(C(C)CC(=O)NCC2CS(=O)(=O)C2)cc1. The molecule has 1 aromatic carbocycles. The monoisotopic (exact) mass is 323 g/mol. The Morgan fingerprint density at radius 2 is 1.68 bits per heavy atom. The second kappa shape index (κ2) is 6.82. The maximum absolute atomic E-state index is 11.9. The third-order valence-corrected chi connectivity index (χ3v) is 6.19. The van der Waals surface area contributed by atoms with Gasteiger partial charge in [0.15, 0.2) is 9.84 Å². The Morgan fingerprint density at radius 1 is 1.14 bits per heavy atom. The molecule has 0 aromatic heterocycles. The fraction of sp³-hybridized carbons (Fsp3) is 0.588. The number of carbonyl (C=O) groups is 1. The van der Waals surface area contributed by atoms with Crippen LogP contribution in [0.1, 0.15) is 50.2 Å². The van der Waals surface area contributed by atoms with Gasteiger partial charge in [0.1, 0.15) is 0 Å². The number of sulfone groups is 1. The van der Waals surface area contributed by atoms with Gasteiger partial charge in [-0.2, -0.15) is 0 Å². The predicted octanol–water partition coefficient (Wildman–Crippen LogP) is 2.46. The van der Waals surface area contributed by atoms with Crippen LogP contribution in [0.3, 0.4) is 0 Å². The predicted molar refractivity (Wildman–Crippen MR) is 88.7 cm³/mol. The van der Waals surface area contributed by atoms with E-state index >= 15 is 0 Å². The number of nitrogens with one attached hydrogen (secondary N) is 1. The lowest BCUT2D eigenvalue weighted by molar-refractivity contribution is -0.121. The van der Waals surface area contributed by atoms with Crippen LogP contribution in [-0.4, -0.2) is 32.4 Å². The fourth-order valence-corrected chi connectivity index (χ4v) is 4.30. The number of hydrogen-bond acceptors (Lipinski definition) is 3. The first-order valence-electron chi connectivity index (χ1n) is 7.84. The van der Waals surface area contributed by atoms with Crippen molar-refractivity contribution in [3.8, 4) is 0 Å². The van der Waals surface area contributed by atoms with Crippen molar-refractivity contribution < 1.29 is 13.2 Å². The molecule has 4 nitrogen and oxygen atoms in total. The summed E-state index contributed by atoms with van der Waals surface area (Å²) in [7, 11) is -2.81. The normalized spacial score (nSPS) is 18.7. The minimum atomic E-state index is -2.81. The van der Waals surface area contributed by atoms with E-state index in [9.17, 15) is 13.2 Å². The highest BCUT2D eigenvalue weighted by Crippen LogP contribution is 2.22. The van der Waals surface area contributed by atoms with Gasteiger partial charge >= 0.3 is 0 Å². The Morgan fingerprint density at radius 3 is 2.18 bits per heavy atom. The molecule has 1 fully saturated rings. The minimum absolute atomic E-state index is 0.00951. The second-order valence-electron chi connectivity index (χ2n) is 6.67. The van der Waals surface area contributed by atoms with Gasteiger partial charge in [-0.1, -0.05) is 45.0 Å². The molecule has 1 aliphatic rings. The Hall–Kier alpha value is -1.36. The smallest absolute Gasteiger partial charge is 0.220 e. The molecule has 1 heterocycles. The fourth-order valence-electron chi connectivity index (χ4n) is 2.72. The largest absolute Gasteiger partial charge is 0.356 e. The van der Waals surface area contributed by atoms with Crippen molar-refractivity contribution in [1.82, 2.24) is 5.32 Å². The zero-order chi connectivity index (χ0) is 16.3. The van der Waals surface area contributed by atoms with Gasteiger partial charge in [-0.15, -0.1) is 0 Å². The number of hydrogen-bond donors (Lipinski definition) is 1. The molecule has 5 heteroatoms. The molecule has 1 aromatic rings. The quantitative estimate of drug-likeness (QED) is 0.875. The topological polar surface area (TPSA) is 63.2 Å². The molecule has 2 rings (SSSR count). The van der Waals surface area contributed by atoms with E-state index in [4.69, 9.17) is 0 Å². The van der Waals surface area contributed by atoms with Crippen LogP contribution in [0.15, 0.2) is 24.3 Å². The number of rotatable bonds is 6. The van der Waals surface area contributed by atoms with E-state index in [0.29, 0.717) is 18.9 Å². The average molecular weight is 323 g/mol. The summed E-state index contributed by atoms with van der Waals surface area (Å²) in [6, 6.07) is 8.42. The van der Waals surface area contributed by atoms with Gasteiger partial charge in [0.25, 0.3) is 0 Å². The average Bonchev–Trinajstić information content (AvgIpc) is 2.42. The van der Waals surface area contributed by atoms with Gasteiger partial charge < -0.3 is 5.32 Å². The summed E-state index contributed by atoms with van der Waals surface area (Å²) in [5.41, 5.74) is 2.46. The molecule has 1 aliphatic heterocycles. The van der Waals surface area contributed by atoms with E-state index in [0.717, 1.165) is 5.56 Å². The summed E-state index contributed by atoms with van der Waals surface area (Å²) in [4.78, 5) is 11.9. The molecule has 1 unspecified atom stereocenters. The van der Waals surface area contributed by atoms with Crippen LogP contribution in [0.4, 0.5) is 0 Å². The number of benzene rings is 1. The highest BCUT2D eigenvalue weighted by Gasteiger charge is 2.33. The molecular formula is C17H25NO3S. The van der Waals surface area contributed by atoms with Gasteiger partial charge in [-0.05, 0) is 23.0 Å². The molecule has 0 aliphatic carbocycles. The van der Waals surface area contributed by atoms with Crippen LogP contribution < -0.4 is 5.32 Å². The van der Waals surface area contributed by atoms with E-state index in [1.54, 1.807) is 0 Å². The van der Waals surface area contributed by atoms with Crippen LogP contribution in [0.2, 0.25) is 0 Å². The Kier molecular flexibility index (Phi) is 5.27. The zero-order valence-electron chi connectivity index (χ0n) is 13.5. The highest BCUT2D eigenvalue weighted by atomic mass is 32.2. The van der Waals surface area contributed by atoms with Gasteiger partial charge in [0.05, 0.1) is 11.5 Å². The summed E-state index contributed by atoms with van der Waals surface area (Å²) in [6.45, 7) is 6.83. The van der Waals surface area contributed by atoms with Crippen molar-refractivity contribution in [1.29, 1.82) is 0 Å². The molecule has 0 spiro atoms. The first kappa shape index (κ1) is 17.0. The Balaban J connectivity index is 1.78. The highest BCUT2D eigenvalue weighted by molar-refractivity contribution is 7.92. The summed E-state index contributed by atoms with van der Waals surface area (Å²) in [6.07, 6.45) is 0.431. The first-order valence-corrected chi connectivity index (χ1v) is 9.66. The minimum Gasteiger partial charge on any atom is -0.356 e. The van der Waals surface area contributed by atoms with Gasteiger partial charge in [-0.25, -0.2) is 8.42 Å².